The molecule has 2 nitrogen and oxygen atoms in total. The number of rotatable bonds is 3. The van der Waals surface area contributed by atoms with Gasteiger partial charge in [-0.15, -0.1) is 0 Å². The van der Waals surface area contributed by atoms with Crippen LogP contribution < -0.4 is 4.74 Å². The molecule has 0 radical (unpaired) electrons. The van der Waals surface area contributed by atoms with Crippen molar-refractivity contribution in [1.82, 2.24) is 0 Å². The third-order valence-corrected chi connectivity index (χ3v) is 1.86. The summed E-state index contributed by atoms with van der Waals surface area (Å²) < 4.78 is 5.05. The van der Waals surface area contributed by atoms with E-state index in [0.717, 1.165) is 17.7 Å². The van der Waals surface area contributed by atoms with Crippen LogP contribution in [0, 0.1) is 0 Å². The highest BCUT2D eigenvalue weighted by Gasteiger charge is 2.00. The Morgan fingerprint density at radius 1 is 1.46 bits per heavy atom. The molecule has 2 heteroatoms. The van der Waals surface area contributed by atoms with E-state index < -0.39 is 0 Å². The number of allylic oxidation sites excluding steroid dienone is 2. The van der Waals surface area contributed by atoms with Crippen LogP contribution >= 0.6 is 0 Å². The van der Waals surface area contributed by atoms with Gasteiger partial charge in [0.25, 0.3) is 0 Å². The van der Waals surface area contributed by atoms with Gasteiger partial charge in [-0.1, -0.05) is 12.2 Å². The minimum atomic E-state index is 0.318. The van der Waals surface area contributed by atoms with Gasteiger partial charge in [0.1, 0.15) is 11.5 Å². The molecule has 70 valence electrons. The zero-order chi connectivity index (χ0) is 9.68. The molecule has 0 unspecified atom stereocenters. The number of phenolic OH excluding ortho intramolecular Hbond substituents is 1. The van der Waals surface area contributed by atoms with Gasteiger partial charge in [0.05, 0.1) is 7.11 Å². The summed E-state index contributed by atoms with van der Waals surface area (Å²) in [6.45, 7) is 1.96. The quantitative estimate of drug-likeness (QED) is 0.721. The Morgan fingerprint density at radius 2 is 2.23 bits per heavy atom. The molecule has 0 atom stereocenters. The molecule has 0 bridgehead atoms. The van der Waals surface area contributed by atoms with Crippen molar-refractivity contribution in [3.63, 3.8) is 0 Å². The molecule has 0 spiro atoms. The van der Waals surface area contributed by atoms with Gasteiger partial charge < -0.3 is 9.84 Å². The van der Waals surface area contributed by atoms with Crippen LogP contribution in [0.5, 0.6) is 11.5 Å². The highest BCUT2D eigenvalue weighted by Crippen LogP contribution is 2.23. The molecule has 1 aromatic rings. The van der Waals surface area contributed by atoms with Gasteiger partial charge in [0.15, 0.2) is 0 Å². The van der Waals surface area contributed by atoms with E-state index in [4.69, 9.17) is 4.74 Å². The zero-order valence-electron chi connectivity index (χ0n) is 7.95. The van der Waals surface area contributed by atoms with Crippen molar-refractivity contribution >= 4 is 0 Å². The van der Waals surface area contributed by atoms with E-state index in [1.807, 2.05) is 25.1 Å². The van der Waals surface area contributed by atoms with E-state index in [1.165, 1.54) is 0 Å². The lowest BCUT2D eigenvalue weighted by molar-refractivity contribution is 0.411. The maximum atomic E-state index is 9.47. The molecule has 0 amide bonds. The molecule has 0 heterocycles. The van der Waals surface area contributed by atoms with E-state index in [9.17, 15) is 5.11 Å². The summed E-state index contributed by atoms with van der Waals surface area (Å²) in [4.78, 5) is 0. The molecular weight excluding hydrogens is 164 g/mol. The van der Waals surface area contributed by atoms with Crippen molar-refractivity contribution in [3.8, 4) is 11.5 Å². The summed E-state index contributed by atoms with van der Waals surface area (Å²) in [6, 6.07) is 5.24. The van der Waals surface area contributed by atoms with Gasteiger partial charge in [-0.05, 0) is 31.5 Å². The van der Waals surface area contributed by atoms with Crippen LogP contribution in [-0.2, 0) is 6.42 Å². The second-order valence-corrected chi connectivity index (χ2v) is 2.77. The Bertz CT molecular complexity index is 303. The molecule has 0 fully saturated rings. The van der Waals surface area contributed by atoms with Crippen molar-refractivity contribution in [1.29, 1.82) is 0 Å². The van der Waals surface area contributed by atoms with Gasteiger partial charge in [0.2, 0.25) is 0 Å². The monoisotopic (exact) mass is 178 g/mol. The standard InChI is InChI=1S/C11H14O2/c1-3-4-5-9-8-10(13-2)6-7-11(9)12/h3-4,6-8,12H,5H2,1-2H3/b4-3+. The molecule has 13 heavy (non-hydrogen) atoms. The highest BCUT2D eigenvalue weighted by atomic mass is 16.5. The lowest BCUT2D eigenvalue weighted by Gasteiger charge is -2.04. The average molecular weight is 178 g/mol. The fraction of sp³-hybridized carbons (Fsp3) is 0.273. The van der Waals surface area contributed by atoms with Gasteiger partial charge in [-0.3, -0.25) is 0 Å². The van der Waals surface area contributed by atoms with Crippen molar-refractivity contribution in [3.05, 3.63) is 35.9 Å². The molecular formula is C11H14O2. The molecule has 0 aromatic heterocycles. The van der Waals surface area contributed by atoms with Crippen LogP contribution in [-0.4, -0.2) is 12.2 Å². The normalized spacial score (nSPS) is 10.6. The first-order chi connectivity index (χ1) is 6.27. The number of benzene rings is 1. The molecule has 1 N–H and O–H groups in total. The predicted octanol–water partition coefficient (Wildman–Crippen LogP) is 2.52. The summed E-state index contributed by atoms with van der Waals surface area (Å²) in [7, 11) is 1.62. The zero-order valence-corrected chi connectivity index (χ0v) is 7.95. The van der Waals surface area contributed by atoms with Crippen molar-refractivity contribution < 1.29 is 9.84 Å². The lowest BCUT2D eigenvalue weighted by atomic mass is 10.1. The number of methoxy groups -OCH3 is 1. The van der Waals surface area contributed by atoms with E-state index in [2.05, 4.69) is 0 Å². The van der Waals surface area contributed by atoms with Gasteiger partial charge in [-0.25, -0.2) is 0 Å². The number of aromatic hydroxyl groups is 1. The average Bonchev–Trinajstić information content (AvgIpc) is 2.17. The molecule has 0 saturated heterocycles. The Kier molecular flexibility index (Phi) is 3.38. The fourth-order valence-electron chi connectivity index (χ4n) is 1.10. The van der Waals surface area contributed by atoms with E-state index >= 15 is 0 Å². The van der Waals surface area contributed by atoms with Gasteiger partial charge >= 0.3 is 0 Å². The number of hydrogen-bond donors (Lipinski definition) is 1. The fourth-order valence-corrected chi connectivity index (χ4v) is 1.10. The largest absolute Gasteiger partial charge is 0.508 e. The van der Waals surface area contributed by atoms with E-state index in [-0.39, 0.29) is 0 Å². The van der Waals surface area contributed by atoms with Crippen LogP contribution in [0.25, 0.3) is 0 Å². The second-order valence-electron chi connectivity index (χ2n) is 2.77. The Labute approximate surface area is 78.5 Å². The lowest BCUT2D eigenvalue weighted by Crippen LogP contribution is -1.86. The number of ether oxygens (including phenoxy) is 1. The van der Waals surface area contributed by atoms with Gasteiger partial charge in [0, 0.05) is 5.56 Å². The predicted molar refractivity (Wildman–Crippen MR) is 53.2 cm³/mol. The smallest absolute Gasteiger partial charge is 0.119 e. The first-order valence-corrected chi connectivity index (χ1v) is 4.25. The van der Waals surface area contributed by atoms with Crippen LogP contribution in [0.1, 0.15) is 12.5 Å². The molecule has 0 aliphatic carbocycles. The Morgan fingerprint density at radius 3 is 2.85 bits per heavy atom. The first-order valence-electron chi connectivity index (χ1n) is 4.25. The van der Waals surface area contributed by atoms with Crippen LogP contribution in [0.4, 0.5) is 0 Å². The van der Waals surface area contributed by atoms with Crippen molar-refractivity contribution in [2.24, 2.45) is 0 Å². The molecule has 0 saturated carbocycles. The maximum absolute atomic E-state index is 9.47. The first kappa shape index (κ1) is 9.65. The molecule has 0 aliphatic rings. The van der Waals surface area contributed by atoms with E-state index in [1.54, 1.807) is 19.2 Å². The summed E-state index contributed by atoms with van der Waals surface area (Å²) >= 11 is 0. The van der Waals surface area contributed by atoms with E-state index in [0.29, 0.717) is 5.75 Å². The Hall–Kier alpha value is -1.44. The summed E-state index contributed by atoms with van der Waals surface area (Å²) in [5.74, 6) is 1.09. The van der Waals surface area contributed by atoms with Crippen molar-refractivity contribution in [2.45, 2.75) is 13.3 Å². The topological polar surface area (TPSA) is 29.5 Å². The third-order valence-electron chi connectivity index (χ3n) is 1.86. The minimum Gasteiger partial charge on any atom is -0.508 e. The molecule has 1 aromatic carbocycles. The van der Waals surface area contributed by atoms with Crippen LogP contribution in [0.3, 0.4) is 0 Å². The van der Waals surface area contributed by atoms with Gasteiger partial charge in [-0.2, -0.15) is 0 Å². The third kappa shape index (κ3) is 2.51. The molecule has 0 aliphatic heterocycles. The minimum absolute atomic E-state index is 0.318. The summed E-state index contributed by atoms with van der Waals surface area (Å²) in [5.41, 5.74) is 0.887. The maximum Gasteiger partial charge on any atom is 0.119 e. The number of hydrogen-bond acceptors (Lipinski definition) is 2. The SMILES string of the molecule is C/C=C/Cc1cc(OC)ccc1O. The van der Waals surface area contributed by atoms with Crippen molar-refractivity contribution in [2.75, 3.05) is 7.11 Å². The second kappa shape index (κ2) is 4.55. The van der Waals surface area contributed by atoms with Crippen LogP contribution in [0.2, 0.25) is 0 Å². The highest BCUT2D eigenvalue weighted by molar-refractivity contribution is 5.40. The molecule has 1 rings (SSSR count). The Balaban J connectivity index is 2.90. The summed E-state index contributed by atoms with van der Waals surface area (Å²) in [5, 5.41) is 9.47. The van der Waals surface area contributed by atoms with Crippen LogP contribution in [0.15, 0.2) is 30.4 Å². The summed E-state index contributed by atoms with van der Waals surface area (Å²) in [6.07, 6.45) is 4.69. The number of phenols is 1.